The second-order valence-corrected chi connectivity index (χ2v) is 9.00. The minimum absolute atomic E-state index is 0.0125. The van der Waals surface area contributed by atoms with Gasteiger partial charge in [-0.2, -0.15) is 0 Å². The number of halogens is 1. The smallest absolute Gasteiger partial charge is 0.287 e. The monoisotopic (exact) mass is 447 g/mol. The van der Waals surface area contributed by atoms with Gasteiger partial charge in [-0.3, -0.25) is 4.79 Å². The van der Waals surface area contributed by atoms with Gasteiger partial charge in [-0.15, -0.1) is 0 Å². The third-order valence-corrected chi connectivity index (χ3v) is 6.33. The van der Waals surface area contributed by atoms with Crippen LogP contribution in [-0.4, -0.2) is 14.3 Å². The van der Waals surface area contributed by atoms with Crippen LogP contribution < -0.4 is 5.32 Å². The van der Waals surface area contributed by atoms with Gasteiger partial charge in [-0.25, -0.2) is 8.42 Å². The number of amides is 1. The van der Waals surface area contributed by atoms with E-state index in [9.17, 15) is 13.2 Å². The summed E-state index contributed by atoms with van der Waals surface area (Å²) in [5.41, 5.74) is 1.26. The molecule has 1 heterocycles. The van der Waals surface area contributed by atoms with E-state index in [1.807, 2.05) is 31.2 Å². The van der Waals surface area contributed by atoms with Crippen LogP contribution in [0.2, 0.25) is 0 Å². The summed E-state index contributed by atoms with van der Waals surface area (Å²) < 4.78 is 31.4. The molecule has 1 aromatic heterocycles. The molecule has 0 saturated heterocycles. The van der Waals surface area contributed by atoms with Gasteiger partial charge in [0.2, 0.25) is 0 Å². The first-order valence-corrected chi connectivity index (χ1v) is 10.7. The van der Waals surface area contributed by atoms with Crippen molar-refractivity contribution < 1.29 is 17.6 Å². The van der Waals surface area contributed by atoms with E-state index in [0.717, 1.165) is 10.0 Å². The van der Waals surface area contributed by atoms with Crippen molar-refractivity contribution in [3.8, 4) is 0 Å². The maximum Gasteiger partial charge on any atom is 0.287 e. The molecule has 27 heavy (non-hydrogen) atoms. The first-order chi connectivity index (χ1) is 12.9. The first kappa shape index (κ1) is 19.4. The Morgan fingerprint density at radius 3 is 2.41 bits per heavy atom. The predicted octanol–water partition coefficient (Wildman–Crippen LogP) is 4.51. The molecule has 5 nitrogen and oxygen atoms in total. The largest absolute Gasteiger partial charge is 0.459 e. The fourth-order valence-electron chi connectivity index (χ4n) is 2.66. The van der Waals surface area contributed by atoms with E-state index in [-0.39, 0.29) is 22.5 Å². The SMILES string of the molecule is CC(NC(=O)c1occc1CS(=O)(=O)c1ccccc1)c1ccc(Br)cc1. The van der Waals surface area contributed by atoms with Crippen molar-refractivity contribution >= 4 is 31.7 Å². The van der Waals surface area contributed by atoms with Gasteiger partial charge in [0.25, 0.3) is 5.91 Å². The molecule has 0 bridgehead atoms. The third-order valence-electron chi connectivity index (χ3n) is 4.12. The minimum atomic E-state index is -3.57. The molecule has 0 spiro atoms. The number of sulfone groups is 1. The Bertz CT molecular complexity index is 1030. The second kappa shape index (κ2) is 8.10. The fourth-order valence-corrected chi connectivity index (χ4v) is 4.30. The Hall–Kier alpha value is -2.38. The molecule has 0 fully saturated rings. The zero-order valence-corrected chi connectivity index (χ0v) is 17.0. The van der Waals surface area contributed by atoms with Gasteiger partial charge in [0.05, 0.1) is 23.0 Å². The molecule has 0 radical (unpaired) electrons. The highest BCUT2D eigenvalue weighted by Gasteiger charge is 2.23. The molecular weight excluding hydrogens is 430 g/mol. The number of carbonyl (C=O) groups is 1. The van der Waals surface area contributed by atoms with E-state index in [1.54, 1.807) is 18.2 Å². The van der Waals surface area contributed by atoms with Gasteiger partial charge >= 0.3 is 0 Å². The Morgan fingerprint density at radius 1 is 1.07 bits per heavy atom. The molecule has 1 atom stereocenters. The van der Waals surface area contributed by atoms with Crippen LogP contribution in [0.15, 0.2) is 80.7 Å². The highest BCUT2D eigenvalue weighted by Crippen LogP contribution is 2.21. The number of furan rings is 1. The first-order valence-electron chi connectivity index (χ1n) is 8.27. The van der Waals surface area contributed by atoms with E-state index >= 15 is 0 Å². The van der Waals surface area contributed by atoms with Crippen LogP contribution in [0.4, 0.5) is 0 Å². The van der Waals surface area contributed by atoms with Gasteiger partial charge in [0, 0.05) is 10.0 Å². The van der Waals surface area contributed by atoms with Crippen LogP contribution in [-0.2, 0) is 15.6 Å². The normalized spacial score (nSPS) is 12.5. The van der Waals surface area contributed by atoms with Crippen molar-refractivity contribution in [1.29, 1.82) is 0 Å². The number of hydrogen-bond donors (Lipinski definition) is 1. The molecule has 140 valence electrons. The van der Waals surface area contributed by atoms with Gasteiger partial charge in [-0.1, -0.05) is 46.3 Å². The Morgan fingerprint density at radius 2 is 1.74 bits per heavy atom. The van der Waals surface area contributed by atoms with Crippen molar-refractivity contribution in [2.24, 2.45) is 0 Å². The van der Waals surface area contributed by atoms with Gasteiger partial charge < -0.3 is 9.73 Å². The predicted molar refractivity (Wildman–Crippen MR) is 106 cm³/mol. The van der Waals surface area contributed by atoms with Gasteiger partial charge in [0.1, 0.15) is 0 Å². The summed E-state index contributed by atoms with van der Waals surface area (Å²) in [5.74, 6) is -0.740. The lowest BCUT2D eigenvalue weighted by Crippen LogP contribution is -2.27. The lowest BCUT2D eigenvalue weighted by Gasteiger charge is -2.14. The van der Waals surface area contributed by atoms with Crippen LogP contribution in [0.25, 0.3) is 0 Å². The topological polar surface area (TPSA) is 76.4 Å². The summed E-state index contributed by atoms with van der Waals surface area (Å²) in [6, 6.07) is 17.0. The average molecular weight is 448 g/mol. The van der Waals surface area contributed by atoms with Crippen molar-refractivity contribution in [2.45, 2.75) is 23.6 Å². The van der Waals surface area contributed by atoms with Crippen LogP contribution in [0.1, 0.15) is 34.6 Å². The van der Waals surface area contributed by atoms with Gasteiger partial charge in [-0.05, 0) is 42.8 Å². The van der Waals surface area contributed by atoms with E-state index < -0.39 is 15.7 Å². The van der Waals surface area contributed by atoms with Crippen molar-refractivity contribution in [3.05, 3.63) is 88.3 Å². The number of hydrogen-bond acceptors (Lipinski definition) is 4. The average Bonchev–Trinajstić information content (AvgIpc) is 3.10. The zero-order valence-electron chi connectivity index (χ0n) is 14.6. The fraction of sp³-hybridized carbons (Fsp3) is 0.150. The molecule has 3 aromatic rings. The molecule has 0 aliphatic carbocycles. The highest BCUT2D eigenvalue weighted by molar-refractivity contribution is 9.10. The van der Waals surface area contributed by atoms with Crippen molar-refractivity contribution in [3.63, 3.8) is 0 Å². The maximum atomic E-state index is 12.6. The molecule has 3 rings (SSSR count). The minimum Gasteiger partial charge on any atom is -0.459 e. The molecule has 1 amide bonds. The molecule has 0 saturated carbocycles. The van der Waals surface area contributed by atoms with E-state index in [4.69, 9.17) is 4.42 Å². The van der Waals surface area contributed by atoms with E-state index in [0.29, 0.717) is 5.56 Å². The van der Waals surface area contributed by atoms with E-state index in [1.165, 1.54) is 24.5 Å². The van der Waals surface area contributed by atoms with Gasteiger partial charge in [0.15, 0.2) is 15.6 Å². The standard InChI is InChI=1S/C20H18BrNO4S/c1-14(15-7-9-17(21)10-8-15)22-20(23)19-16(11-12-26-19)13-27(24,25)18-5-3-2-4-6-18/h2-12,14H,13H2,1H3,(H,22,23). The molecular formula is C20H18BrNO4S. The number of nitrogens with one attached hydrogen (secondary N) is 1. The summed E-state index contributed by atoms with van der Waals surface area (Å²) in [7, 11) is -3.57. The van der Waals surface area contributed by atoms with Crippen molar-refractivity contribution in [2.75, 3.05) is 0 Å². The van der Waals surface area contributed by atoms with Crippen LogP contribution >= 0.6 is 15.9 Å². The molecule has 0 aliphatic heterocycles. The number of benzene rings is 2. The summed E-state index contributed by atoms with van der Waals surface area (Å²) in [5, 5.41) is 2.84. The Balaban J connectivity index is 1.76. The molecule has 1 N–H and O–H groups in total. The zero-order chi connectivity index (χ0) is 19.4. The Kier molecular flexibility index (Phi) is 5.82. The van der Waals surface area contributed by atoms with Crippen molar-refractivity contribution in [1.82, 2.24) is 5.32 Å². The second-order valence-electron chi connectivity index (χ2n) is 6.09. The van der Waals surface area contributed by atoms with Crippen LogP contribution in [0.3, 0.4) is 0 Å². The Labute approximate surface area is 166 Å². The maximum absolute atomic E-state index is 12.6. The molecule has 2 aromatic carbocycles. The third kappa shape index (κ3) is 4.67. The summed E-state index contributed by atoms with van der Waals surface area (Å²) in [6.45, 7) is 1.85. The highest BCUT2D eigenvalue weighted by atomic mass is 79.9. The lowest BCUT2D eigenvalue weighted by atomic mass is 10.1. The number of rotatable bonds is 6. The number of carbonyl (C=O) groups excluding carboxylic acids is 1. The molecule has 1 unspecified atom stereocenters. The summed E-state index contributed by atoms with van der Waals surface area (Å²) >= 11 is 3.37. The summed E-state index contributed by atoms with van der Waals surface area (Å²) in [4.78, 5) is 12.8. The van der Waals surface area contributed by atoms with E-state index in [2.05, 4.69) is 21.2 Å². The van der Waals surface area contributed by atoms with Crippen LogP contribution in [0.5, 0.6) is 0 Å². The molecule has 7 heteroatoms. The molecule has 0 aliphatic rings. The lowest BCUT2D eigenvalue weighted by molar-refractivity contribution is 0.0911. The van der Waals surface area contributed by atoms with Crippen LogP contribution in [0, 0.1) is 0 Å². The summed E-state index contributed by atoms with van der Waals surface area (Å²) in [6.07, 6.45) is 1.33. The quantitative estimate of drug-likeness (QED) is 0.602.